The van der Waals surface area contributed by atoms with E-state index in [1.54, 1.807) is 11.6 Å². The summed E-state index contributed by atoms with van der Waals surface area (Å²) in [4.78, 5) is 13.9. The standard InChI is InChI=1S/C4H3NOS2.Na/c6-4(7)3-5-1-2-8-3;/h1-2H,(H,6,7);/q;+1/p-1. The Morgan fingerprint density at radius 1 is 1.78 bits per heavy atom. The predicted molar refractivity (Wildman–Crippen MR) is 33.8 cm³/mol. The Labute approximate surface area is 84.4 Å². The number of thiazole rings is 1. The van der Waals surface area contributed by atoms with E-state index >= 15 is 0 Å². The van der Waals surface area contributed by atoms with E-state index < -0.39 is 0 Å². The molecule has 1 aromatic rings. The number of nitrogens with zero attached hydrogens (tertiary/aromatic N) is 1. The molecule has 5 heteroatoms. The van der Waals surface area contributed by atoms with Crippen molar-refractivity contribution in [3.63, 3.8) is 0 Å². The van der Waals surface area contributed by atoms with Crippen LogP contribution in [0.1, 0.15) is 9.80 Å². The summed E-state index contributed by atoms with van der Waals surface area (Å²) in [5.74, 6) is 0. The minimum Gasteiger partial charge on any atom is -0.734 e. The second kappa shape index (κ2) is 4.35. The van der Waals surface area contributed by atoms with Crippen molar-refractivity contribution in [1.29, 1.82) is 0 Å². The molecule has 0 aromatic carbocycles. The topological polar surface area (TPSA) is 30.0 Å². The number of rotatable bonds is 1. The van der Waals surface area contributed by atoms with Gasteiger partial charge in [0.15, 0.2) is 0 Å². The molecule has 0 saturated heterocycles. The molecule has 0 aliphatic rings. The van der Waals surface area contributed by atoms with Crippen molar-refractivity contribution in [3.05, 3.63) is 16.6 Å². The van der Waals surface area contributed by atoms with Gasteiger partial charge in [-0.2, -0.15) is 0 Å². The zero-order valence-corrected chi connectivity index (χ0v) is 8.46. The van der Waals surface area contributed by atoms with Gasteiger partial charge in [0.25, 0.3) is 0 Å². The summed E-state index contributed by atoms with van der Waals surface area (Å²) < 4.78 is 0. The normalized spacial score (nSPS) is 8.00. The fourth-order valence-corrected chi connectivity index (χ4v) is 0.990. The maximum absolute atomic E-state index is 10.3. The second-order valence-corrected chi connectivity index (χ2v) is 2.39. The van der Waals surface area contributed by atoms with Gasteiger partial charge in [0.1, 0.15) is 5.01 Å². The van der Waals surface area contributed by atoms with Crippen LogP contribution in [0, 0.1) is 0 Å². The summed E-state index contributed by atoms with van der Waals surface area (Å²) >= 11 is 5.57. The van der Waals surface area contributed by atoms with Crippen LogP contribution in [0.15, 0.2) is 11.6 Å². The first kappa shape index (κ1) is 9.52. The largest absolute Gasteiger partial charge is 1.00 e. The zero-order chi connectivity index (χ0) is 5.98. The Hall–Kier alpha value is 0.520. The third-order valence-electron chi connectivity index (χ3n) is 0.607. The molecule has 1 rings (SSSR count). The average Bonchev–Trinajstić information content (AvgIpc) is 2.12. The van der Waals surface area contributed by atoms with E-state index in [-0.39, 0.29) is 34.7 Å². The molecule has 42 valence electrons. The summed E-state index contributed by atoms with van der Waals surface area (Å²) in [6.07, 6.45) is 1.56. The van der Waals surface area contributed by atoms with Crippen molar-refractivity contribution in [3.8, 4) is 0 Å². The Bertz CT molecular complexity index is 186. The van der Waals surface area contributed by atoms with Crippen LogP contribution < -0.4 is 29.6 Å². The summed E-state index contributed by atoms with van der Waals surface area (Å²) in [6, 6.07) is 0. The molecule has 0 aliphatic carbocycles. The Kier molecular flexibility index (Phi) is 4.61. The molecule has 0 bridgehead atoms. The van der Waals surface area contributed by atoms with E-state index in [1.807, 2.05) is 0 Å². The minimum absolute atomic E-state index is 0. The minimum atomic E-state index is -0.375. The van der Waals surface area contributed by atoms with E-state index in [4.69, 9.17) is 0 Å². The molecule has 0 fully saturated rings. The van der Waals surface area contributed by atoms with E-state index in [1.165, 1.54) is 11.3 Å². The first-order valence-corrected chi connectivity index (χ1v) is 3.20. The zero-order valence-electron chi connectivity index (χ0n) is 4.83. The van der Waals surface area contributed by atoms with Crippen LogP contribution in [-0.2, 0) is 12.6 Å². The smallest absolute Gasteiger partial charge is 0.734 e. The summed E-state index contributed by atoms with van der Waals surface area (Å²) in [7, 11) is 0. The average molecular weight is 167 g/mol. The van der Waals surface area contributed by atoms with Gasteiger partial charge in [-0.1, -0.05) is 0 Å². The molecule has 1 aromatic heterocycles. The third kappa shape index (κ3) is 2.73. The SMILES string of the molecule is O=C([S-])c1nccs1.[Na+]. The molecule has 0 atom stereocenters. The second-order valence-electron chi connectivity index (χ2n) is 1.12. The summed E-state index contributed by atoms with van der Waals surface area (Å²) in [5.41, 5.74) is 0. The summed E-state index contributed by atoms with van der Waals surface area (Å²) in [5, 5.41) is 1.75. The van der Waals surface area contributed by atoms with Crippen LogP contribution in [0.4, 0.5) is 0 Å². The fourth-order valence-electron chi connectivity index (χ4n) is 0.324. The van der Waals surface area contributed by atoms with Gasteiger partial charge in [0, 0.05) is 11.6 Å². The molecule has 0 saturated carbocycles. The van der Waals surface area contributed by atoms with Crippen molar-refractivity contribution in [2.24, 2.45) is 0 Å². The van der Waals surface area contributed by atoms with Crippen molar-refractivity contribution in [2.75, 3.05) is 0 Å². The summed E-state index contributed by atoms with van der Waals surface area (Å²) in [6.45, 7) is 0. The Balaban J connectivity index is 0.000000640. The van der Waals surface area contributed by atoms with E-state index in [2.05, 4.69) is 17.6 Å². The monoisotopic (exact) mass is 167 g/mol. The number of hydrogen-bond donors (Lipinski definition) is 0. The Morgan fingerprint density at radius 3 is 2.67 bits per heavy atom. The van der Waals surface area contributed by atoms with Crippen LogP contribution in [0.25, 0.3) is 0 Å². The van der Waals surface area contributed by atoms with Crippen molar-refractivity contribution < 1.29 is 34.4 Å². The number of carbonyl (C=O) groups excluding carboxylic acids is 1. The molecular formula is C4H2NNaOS2. The molecule has 0 unspecified atom stereocenters. The van der Waals surface area contributed by atoms with Gasteiger partial charge in [-0.3, -0.25) is 0 Å². The van der Waals surface area contributed by atoms with E-state index in [0.29, 0.717) is 5.01 Å². The molecule has 9 heavy (non-hydrogen) atoms. The van der Waals surface area contributed by atoms with Gasteiger partial charge in [0.2, 0.25) is 0 Å². The van der Waals surface area contributed by atoms with Crippen LogP contribution in [0.3, 0.4) is 0 Å². The molecule has 0 N–H and O–H groups in total. The van der Waals surface area contributed by atoms with Crippen LogP contribution in [0.5, 0.6) is 0 Å². The Morgan fingerprint density at radius 2 is 2.44 bits per heavy atom. The van der Waals surface area contributed by atoms with Gasteiger partial charge in [-0.15, -0.1) is 11.3 Å². The van der Waals surface area contributed by atoms with Gasteiger partial charge < -0.3 is 17.4 Å². The van der Waals surface area contributed by atoms with Crippen molar-refractivity contribution in [1.82, 2.24) is 4.98 Å². The quantitative estimate of drug-likeness (QED) is 0.352. The van der Waals surface area contributed by atoms with Crippen LogP contribution >= 0.6 is 11.3 Å². The molecule has 0 spiro atoms. The number of carbonyl (C=O) groups is 1. The maximum Gasteiger partial charge on any atom is 1.00 e. The molecule has 0 radical (unpaired) electrons. The van der Waals surface area contributed by atoms with Crippen molar-refractivity contribution >= 4 is 29.1 Å². The van der Waals surface area contributed by atoms with Crippen LogP contribution in [-0.4, -0.2) is 10.1 Å². The molecule has 1 heterocycles. The van der Waals surface area contributed by atoms with Crippen LogP contribution in [0.2, 0.25) is 0 Å². The first-order chi connectivity index (χ1) is 3.80. The predicted octanol–water partition coefficient (Wildman–Crippen LogP) is -2.17. The molecule has 0 aliphatic heterocycles. The van der Waals surface area contributed by atoms with Gasteiger partial charge in [-0.25, -0.2) is 4.98 Å². The van der Waals surface area contributed by atoms with Gasteiger partial charge in [-0.05, 0) is 0 Å². The van der Waals surface area contributed by atoms with E-state index in [9.17, 15) is 4.79 Å². The number of hydrogen-bond acceptors (Lipinski definition) is 4. The maximum atomic E-state index is 10.3. The van der Waals surface area contributed by atoms with Gasteiger partial charge in [0.05, 0.1) is 5.12 Å². The van der Waals surface area contributed by atoms with E-state index in [0.717, 1.165) is 0 Å². The fraction of sp³-hybridized carbons (Fsp3) is 0. The van der Waals surface area contributed by atoms with Gasteiger partial charge >= 0.3 is 29.6 Å². The molecule has 2 nitrogen and oxygen atoms in total. The first-order valence-electron chi connectivity index (χ1n) is 1.91. The third-order valence-corrected chi connectivity index (χ3v) is 1.70. The van der Waals surface area contributed by atoms with Crippen molar-refractivity contribution in [2.45, 2.75) is 0 Å². The number of aromatic nitrogens is 1. The molecular weight excluding hydrogens is 165 g/mol. The molecule has 0 amide bonds.